The zero-order valence-corrected chi connectivity index (χ0v) is 21.9. The topological polar surface area (TPSA) is 40.6 Å². The molecule has 7 heteroatoms. The van der Waals surface area contributed by atoms with Crippen molar-refractivity contribution < 1.29 is 9.59 Å². The first-order valence-corrected chi connectivity index (χ1v) is 13.0. The van der Waals surface area contributed by atoms with Crippen molar-refractivity contribution in [2.45, 2.75) is 33.2 Å². The molecule has 0 saturated heterocycles. The minimum atomic E-state index is -0.303. The highest BCUT2D eigenvalue weighted by atomic mass is 35.5. The van der Waals surface area contributed by atoms with E-state index in [0.29, 0.717) is 28.7 Å². The summed E-state index contributed by atoms with van der Waals surface area (Å²) in [4.78, 5) is 31.9. The molecular formula is C27H28Cl2N2O2S. The maximum absolute atomic E-state index is 13.7. The zero-order valence-electron chi connectivity index (χ0n) is 19.6. The van der Waals surface area contributed by atoms with Crippen LogP contribution in [0.4, 0.5) is 0 Å². The van der Waals surface area contributed by atoms with Crippen LogP contribution in [-0.2, 0) is 11.2 Å². The van der Waals surface area contributed by atoms with Crippen molar-refractivity contribution in [1.29, 1.82) is 0 Å². The van der Waals surface area contributed by atoms with E-state index < -0.39 is 0 Å². The Morgan fingerprint density at radius 1 is 1.09 bits per heavy atom. The van der Waals surface area contributed by atoms with Gasteiger partial charge in [-0.15, -0.1) is 11.3 Å². The summed E-state index contributed by atoms with van der Waals surface area (Å²) >= 11 is 14.4. The van der Waals surface area contributed by atoms with Crippen molar-refractivity contribution in [1.82, 2.24) is 9.80 Å². The Hall–Kier alpha value is -2.34. The molecule has 4 nitrogen and oxygen atoms in total. The van der Waals surface area contributed by atoms with Gasteiger partial charge < -0.3 is 9.80 Å². The van der Waals surface area contributed by atoms with Crippen LogP contribution in [0.3, 0.4) is 0 Å². The van der Waals surface area contributed by atoms with E-state index in [1.165, 1.54) is 4.88 Å². The molecule has 2 amide bonds. The number of aryl methyl sites for hydroxylation is 1. The van der Waals surface area contributed by atoms with Gasteiger partial charge in [0.2, 0.25) is 5.91 Å². The average Bonchev–Trinajstić information content (AvgIpc) is 3.27. The normalized spacial score (nSPS) is 15.4. The first-order chi connectivity index (χ1) is 16.2. The second kappa shape index (κ2) is 10.5. The van der Waals surface area contributed by atoms with Crippen molar-refractivity contribution in [3.8, 4) is 0 Å². The van der Waals surface area contributed by atoms with Crippen LogP contribution in [0.25, 0.3) is 0 Å². The summed E-state index contributed by atoms with van der Waals surface area (Å²) in [5, 5.41) is 3.14. The van der Waals surface area contributed by atoms with Gasteiger partial charge in [0.1, 0.15) is 6.54 Å². The van der Waals surface area contributed by atoms with Crippen LogP contribution in [0.1, 0.15) is 51.8 Å². The molecule has 1 aliphatic heterocycles. The van der Waals surface area contributed by atoms with Crippen molar-refractivity contribution >= 4 is 46.4 Å². The molecule has 0 spiro atoms. The number of hydrogen-bond donors (Lipinski definition) is 0. The summed E-state index contributed by atoms with van der Waals surface area (Å²) in [6, 6.07) is 14.7. The summed E-state index contributed by atoms with van der Waals surface area (Å²) < 4.78 is 0. The predicted molar refractivity (Wildman–Crippen MR) is 140 cm³/mol. The molecule has 0 fully saturated rings. The molecule has 0 saturated carbocycles. The fourth-order valence-corrected chi connectivity index (χ4v) is 5.85. The fraction of sp³-hybridized carbons (Fsp3) is 0.333. The van der Waals surface area contributed by atoms with Crippen molar-refractivity contribution in [3.63, 3.8) is 0 Å². The summed E-state index contributed by atoms with van der Waals surface area (Å²) in [7, 11) is 0. The van der Waals surface area contributed by atoms with Gasteiger partial charge in [0.05, 0.1) is 6.04 Å². The van der Waals surface area contributed by atoms with Crippen LogP contribution in [0, 0.1) is 12.8 Å². The zero-order chi connectivity index (χ0) is 24.4. The molecule has 1 aliphatic rings. The average molecular weight is 516 g/mol. The van der Waals surface area contributed by atoms with Crippen molar-refractivity contribution in [3.05, 3.63) is 91.1 Å². The van der Waals surface area contributed by atoms with Crippen LogP contribution in [-0.4, -0.2) is 41.2 Å². The fourth-order valence-electron chi connectivity index (χ4n) is 4.44. The molecule has 2 heterocycles. The number of amides is 2. The highest BCUT2D eigenvalue weighted by molar-refractivity contribution is 7.10. The van der Waals surface area contributed by atoms with Crippen LogP contribution in [0.5, 0.6) is 0 Å². The lowest BCUT2D eigenvalue weighted by Gasteiger charge is -2.38. The van der Waals surface area contributed by atoms with Crippen LogP contribution in [0.15, 0.2) is 53.9 Å². The van der Waals surface area contributed by atoms with Gasteiger partial charge in [0.15, 0.2) is 0 Å². The summed E-state index contributed by atoms with van der Waals surface area (Å²) in [5.41, 5.74) is 3.62. The van der Waals surface area contributed by atoms with Crippen LogP contribution < -0.4 is 0 Å². The molecule has 178 valence electrons. The highest BCUT2D eigenvalue weighted by Crippen LogP contribution is 2.41. The maximum atomic E-state index is 13.7. The van der Waals surface area contributed by atoms with Gasteiger partial charge in [0.25, 0.3) is 5.91 Å². The van der Waals surface area contributed by atoms with Gasteiger partial charge in [-0.05, 0) is 66.1 Å². The van der Waals surface area contributed by atoms with Crippen LogP contribution >= 0.6 is 34.5 Å². The Balaban J connectivity index is 1.64. The smallest absolute Gasteiger partial charge is 0.254 e. The lowest BCUT2D eigenvalue weighted by Crippen LogP contribution is -2.47. The Kier molecular flexibility index (Phi) is 7.66. The van der Waals surface area contributed by atoms with Crippen molar-refractivity contribution in [2.24, 2.45) is 5.92 Å². The molecule has 0 N–H and O–H groups in total. The number of carbonyl (C=O) groups excluding carboxylic acids is 2. The summed E-state index contributed by atoms with van der Waals surface area (Å²) in [5.74, 6) is 0.0128. The van der Waals surface area contributed by atoms with Gasteiger partial charge in [-0.2, -0.15) is 0 Å². The predicted octanol–water partition coefficient (Wildman–Crippen LogP) is 6.64. The van der Waals surface area contributed by atoms with E-state index in [1.807, 2.05) is 42.2 Å². The number of benzene rings is 2. The minimum absolute atomic E-state index is 0.0199. The quantitative estimate of drug-likeness (QED) is 0.370. The van der Waals surface area contributed by atoms with Gasteiger partial charge in [-0.25, -0.2) is 0 Å². The van der Waals surface area contributed by atoms with E-state index in [0.717, 1.165) is 23.1 Å². The van der Waals surface area contributed by atoms with Crippen LogP contribution in [0.2, 0.25) is 10.0 Å². The molecule has 1 aromatic heterocycles. The molecule has 4 rings (SSSR count). The van der Waals surface area contributed by atoms with Crippen molar-refractivity contribution in [2.75, 3.05) is 19.6 Å². The van der Waals surface area contributed by atoms with Gasteiger partial charge in [-0.1, -0.05) is 60.8 Å². The Morgan fingerprint density at radius 2 is 1.82 bits per heavy atom. The van der Waals surface area contributed by atoms with E-state index in [1.54, 1.807) is 28.4 Å². The van der Waals surface area contributed by atoms with E-state index >= 15 is 0 Å². The molecule has 1 unspecified atom stereocenters. The minimum Gasteiger partial charge on any atom is -0.330 e. The standard InChI is InChI=1S/C27H28Cl2N2O2S/c1-17(2)15-30(27(33)19-6-4-18(3)5-7-19)16-25(32)31-12-10-24-22(11-13-34-24)26(31)21-9-8-20(28)14-23(21)29/h4-9,11,13-14,17,26H,10,12,15-16H2,1-3H3. The third kappa shape index (κ3) is 5.32. The van der Waals surface area contributed by atoms with E-state index in [2.05, 4.69) is 25.3 Å². The molecule has 0 radical (unpaired) electrons. The summed E-state index contributed by atoms with van der Waals surface area (Å²) in [6.45, 7) is 7.18. The Labute approximate surface area is 215 Å². The SMILES string of the molecule is Cc1ccc(C(=O)N(CC(=O)N2CCc3sccc3C2c2ccc(Cl)cc2Cl)CC(C)C)cc1. The first kappa shape index (κ1) is 24.8. The maximum Gasteiger partial charge on any atom is 0.254 e. The highest BCUT2D eigenvalue weighted by Gasteiger charge is 2.35. The van der Waals surface area contributed by atoms with Gasteiger partial charge in [0, 0.05) is 33.6 Å². The lowest BCUT2D eigenvalue weighted by atomic mass is 9.93. The number of hydrogen-bond acceptors (Lipinski definition) is 3. The lowest BCUT2D eigenvalue weighted by molar-refractivity contribution is -0.134. The third-order valence-electron chi connectivity index (χ3n) is 6.04. The van der Waals surface area contributed by atoms with E-state index in [4.69, 9.17) is 23.2 Å². The number of rotatable bonds is 6. The van der Waals surface area contributed by atoms with Gasteiger partial charge in [-0.3, -0.25) is 9.59 Å². The number of thiophene rings is 1. The summed E-state index contributed by atoms with van der Waals surface area (Å²) in [6.07, 6.45) is 0.788. The Bertz CT molecular complexity index is 1190. The second-order valence-corrected chi connectivity index (χ2v) is 11.0. The molecule has 2 aromatic carbocycles. The number of fused-ring (bicyclic) bond motifs is 1. The molecule has 1 atom stereocenters. The Morgan fingerprint density at radius 3 is 2.50 bits per heavy atom. The van der Waals surface area contributed by atoms with E-state index in [9.17, 15) is 9.59 Å². The first-order valence-electron chi connectivity index (χ1n) is 11.4. The second-order valence-electron chi connectivity index (χ2n) is 9.15. The number of carbonyl (C=O) groups is 2. The number of nitrogens with zero attached hydrogens (tertiary/aromatic N) is 2. The molecule has 0 aliphatic carbocycles. The number of halogens is 2. The molecule has 0 bridgehead atoms. The third-order valence-corrected chi connectivity index (χ3v) is 7.60. The monoisotopic (exact) mass is 514 g/mol. The largest absolute Gasteiger partial charge is 0.330 e. The molecule has 3 aromatic rings. The van der Waals surface area contributed by atoms with E-state index in [-0.39, 0.29) is 30.3 Å². The molecular weight excluding hydrogens is 487 g/mol. The van der Waals surface area contributed by atoms with Gasteiger partial charge >= 0.3 is 0 Å². The molecule has 34 heavy (non-hydrogen) atoms.